The average Bonchev–Trinajstić information content (AvgIpc) is 3.26. The van der Waals surface area contributed by atoms with Gasteiger partial charge in [0, 0.05) is 37.6 Å². The minimum atomic E-state index is -1.43. The number of amides is 3. The van der Waals surface area contributed by atoms with Gasteiger partial charge in [-0.3, -0.25) is 14.4 Å². The Balaban J connectivity index is 1.48. The van der Waals surface area contributed by atoms with Gasteiger partial charge in [0.2, 0.25) is 5.91 Å². The Bertz CT molecular complexity index is 1110. The topological polar surface area (TPSA) is 105 Å². The SMILES string of the molecule is CC(=O)N1CC2CC(/C=C3\CCN(c4ccc[n+](C)c4)C3=O)=C(C(=O)[O-])N3C(=O)C1[C@@H]23. The van der Waals surface area contributed by atoms with Gasteiger partial charge in [-0.2, -0.15) is 0 Å². The summed E-state index contributed by atoms with van der Waals surface area (Å²) in [4.78, 5) is 54.1. The summed E-state index contributed by atoms with van der Waals surface area (Å²) in [6.07, 6.45) is 6.20. The van der Waals surface area contributed by atoms with Crippen molar-refractivity contribution in [3.63, 3.8) is 0 Å². The lowest BCUT2D eigenvalue weighted by atomic mass is 9.79. The van der Waals surface area contributed by atoms with Crippen molar-refractivity contribution in [3.05, 3.63) is 47.4 Å². The van der Waals surface area contributed by atoms with Gasteiger partial charge in [-0.05, 0) is 30.6 Å². The van der Waals surface area contributed by atoms with Gasteiger partial charge in [-0.1, -0.05) is 0 Å². The lowest BCUT2D eigenvalue weighted by molar-refractivity contribution is -0.670. The van der Waals surface area contributed by atoms with Crippen molar-refractivity contribution in [1.82, 2.24) is 9.80 Å². The van der Waals surface area contributed by atoms with E-state index in [2.05, 4.69) is 0 Å². The van der Waals surface area contributed by atoms with Crippen LogP contribution in [-0.2, 0) is 26.2 Å². The zero-order valence-electron chi connectivity index (χ0n) is 17.3. The number of aromatic nitrogens is 1. The second-order valence-corrected chi connectivity index (χ2v) is 8.54. The first-order chi connectivity index (χ1) is 14.8. The molecule has 0 spiro atoms. The predicted molar refractivity (Wildman–Crippen MR) is 105 cm³/mol. The van der Waals surface area contributed by atoms with Crippen LogP contribution in [0.1, 0.15) is 19.8 Å². The lowest BCUT2D eigenvalue weighted by Gasteiger charge is -2.51. The van der Waals surface area contributed by atoms with E-state index in [9.17, 15) is 24.3 Å². The molecular formula is C22H22N4O5. The summed E-state index contributed by atoms with van der Waals surface area (Å²) in [5, 5.41) is 12.0. The van der Waals surface area contributed by atoms with Gasteiger partial charge in [0.15, 0.2) is 12.4 Å². The first-order valence-corrected chi connectivity index (χ1v) is 10.3. The van der Waals surface area contributed by atoms with Crippen molar-refractivity contribution < 1.29 is 28.9 Å². The van der Waals surface area contributed by atoms with E-state index in [1.807, 2.05) is 36.1 Å². The third-order valence-corrected chi connectivity index (χ3v) is 6.70. The molecule has 9 heteroatoms. The highest BCUT2D eigenvalue weighted by Gasteiger charge is 2.62. The van der Waals surface area contributed by atoms with Gasteiger partial charge in [0.25, 0.3) is 11.8 Å². The van der Waals surface area contributed by atoms with Gasteiger partial charge < -0.3 is 24.6 Å². The first kappa shape index (κ1) is 19.5. The molecule has 3 atom stereocenters. The number of β-lactam (4-membered cyclic amide) rings is 1. The van der Waals surface area contributed by atoms with Crippen LogP contribution in [0, 0.1) is 5.92 Å². The van der Waals surface area contributed by atoms with Gasteiger partial charge >= 0.3 is 0 Å². The van der Waals surface area contributed by atoms with Gasteiger partial charge in [-0.15, -0.1) is 0 Å². The second kappa shape index (κ2) is 6.76. The number of likely N-dealkylation sites (tertiary alicyclic amines) is 1. The summed E-state index contributed by atoms with van der Waals surface area (Å²) < 4.78 is 1.86. The molecule has 0 bridgehead atoms. The maximum Gasteiger partial charge on any atom is 0.254 e. The number of aliphatic carboxylic acids is 1. The molecule has 4 aliphatic heterocycles. The summed E-state index contributed by atoms with van der Waals surface area (Å²) in [6, 6.07) is 2.79. The number of carboxylic acids is 1. The van der Waals surface area contributed by atoms with E-state index in [0.717, 1.165) is 5.69 Å². The maximum atomic E-state index is 13.0. The second-order valence-electron chi connectivity index (χ2n) is 8.54. The normalized spacial score (nSPS) is 28.4. The van der Waals surface area contributed by atoms with E-state index in [-0.39, 0.29) is 29.5 Å². The smallest absolute Gasteiger partial charge is 0.254 e. The van der Waals surface area contributed by atoms with Crippen LogP contribution < -0.4 is 14.6 Å². The molecule has 4 aliphatic rings. The summed E-state index contributed by atoms with van der Waals surface area (Å²) in [5.74, 6) is -2.25. The number of rotatable bonds is 3. The van der Waals surface area contributed by atoms with Crippen molar-refractivity contribution in [1.29, 1.82) is 0 Å². The zero-order chi connectivity index (χ0) is 22.0. The summed E-state index contributed by atoms with van der Waals surface area (Å²) >= 11 is 0. The average molecular weight is 422 g/mol. The third kappa shape index (κ3) is 2.79. The molecule has 5 heterocycles. The van der Waals surface area contributed by atoms with Crippen molar-refractivity contribution in [3.8, 4) is 0 Å². The molecular weight excluding hydrogens is 400 g/mol. The Morgan fingerprint density at radius 3 is 2.74 bits per heavy atom. The number of pyridine rings is 1. The molecule has 0 N–H and O–H groups in total. The Hall–Kier alpha value is -3.49. The highest BCUT2D eigenvalue weighted by molar-refractivity contribution is 6.08. The molecule has 0 aromatic carbocycles. The van der Waals surface area contributed by atoms with Crippen molar-refractivity contribution in [2.24, 2.45) is 13.0 Å². The highest BCUT2D eigenvalue weighted by atomic mass is 16.4. The highest BCUT2D eigenvalue weighted by Crippen LogP contribution is 2.47. The van der Waals surface area contributed by atoms with Gasteiger partial charge in [0.1, 0.15) is 18.8 Å². The molecule has 0 saturated carbocycles. The molecule has 5 rings (SSSR count). The number of hydrogen-bond donors (Lipinski definition) is 0. The van der Waals surface area contributed by atoms with Crippen molar-refractivity contribution in [2.75, 3.05) is 18.0 Å². The molecule has 2 unspecified atom stereocenters. The number of anilines is 1. The minimum Gasteiger partial charge on any atom is -0.543 e. The van der Waals surface area contributed by atoms with Crippen LogP contribution >= 0.6 is 0 Å². The zero-order valence-corrected chi connectivity index (χ0v) is 17.3. The van der Waals surface area contributed by atoms with Gasteiger partial charge in [-0.25, -0.2) is 4.57 Å². The standard InChI is InChI=1S/C22H22N4O5/c1-12(27)25-10-15-9-14(18(22(30)31)26-17(15)19(25)21(26)29)8-13-5-7-24(20(13)28)16-4-3-6-23(2)11-16/h3-4,6,8,11,15,17,19H,5,7,9-10H2,1-2H3/b13-8+/t15?,17-,19?/m1/s1. The summed E-state index contributed by atoms with van der Waals surface area (Å²) in [6.45, 7) is 2.32. The summed E-state index contributed by atoms with van der Waals surface area (Å²) in [7, 11) is 1.87. The fourth-order valence-corrected chi connectivity index (χ4v) is 5.35. The Labute approximate surface area is 178 Å². The van der Waals surface area contributed by atoms with E-state index < -0.39 is 17.9 Å². The number of carboxylic acid groups (broad SMARTS) is 1. The molecule has 3 fully saturated rings. The number of hydrogen-bond acceptors (Lipinski definition) is 5. The van der Waals surface area contributed by atoms with E-state index >= 15 is 0 Å². The van der Waals surface area contributed by atoms with E-state index in [4.69, 9.17) is 0 Å². The molecule has 160 valence electrons. The van der Waals surface area contributed by atoms with Crippen molar-refractivity contribution in [2.45, 2.75) is 31.8 Å². The fraction of sp³-hybridized carbons (Fsp3) is 0.409. The van der Waals surface area contributed by atoms with Crippen LogP contribution in [0.4, 0.5) is 5.69 Å². The first-order valence-electron chi connectivity index (χ1n) is 10.3. The maximum absolute atomic E-state index is 13.0. The van der Waals surface area contributed by atoms with E-state index in [0.29, 0.717) is 37.1 Å². The van der Waals surface area contributed by atoms with Crippen LogP contribution in [0.15, 0.2) is 47.4 Å². The third-order valence-electron chi connectivity index (χ3n) is 6.70. The number of allylic oxidation sites excluding steroid dienone is 2. The number of carbonyl (C=O) groups is 4. The molecule has 31 heavy (non-hydrogen) atoms. The van der Waals surface area contributed by atoms with E-state index in [1.54, 1.807) is 11.0 Å². The monoisotopic (exact) mass is 422 g/mol. The molecule has 0 aliphatic carbocycles. The molecule has 0 radical (unpaired) electrons. The van der Waals surface area contributed by atoms with Crippen LogP contribution in [0.2, 0.25) is 0 Å². The van der Waals surface area contributed by atoms with E-state index in [1.165, 1.54) is 16.7 Å². The molecule has 9 nitrogen and oxygen atoms in total. The number of aryl methyl sites for hydroxylation is 1. The Kier molecular flexibility index (Phi) is 4.25. The molecule has 1 aromatic rings. The van der Waals surface area contributed by atoms with Crippen LogP contribution in [0.5, 0.6) is 0 Å². The number of nitrogens with zero attached hydrogens (tertiary/aromatic N) is 4. The lowest BCUT2D eigenvalue weighted by Crippen LogP contribution is -2.69. The fourth-order valence-electron chi connectivity index (χ4n) is 5.35. The number of carbonyl (C=O) groups excluding carboxylic acids is 4. The van der Waals surface area contributed by atoms with Crippen LogP contribution in [-0.4, -0.2) is 58.7 Å². The quantitative estimate of drug-likeness (QED) is 0.340. The molecule has 1 aromatic heterocycles. The Morgan fingerprint density at radius 2 is 2.06 bits per heavy atom. The summed E-state index contributed by atoms with van der Waals surface area (Å²) in [5.41, 5.74) is 1.52. The predicted octanol–water partition coefficient (Wildman–Crippen LogP) is -1.36. The van der Waals surface area contributed by atoms with Gasteiger partial charge in [0.05, 0.1) is 17.7 Å². The molecule has 3 saturated heterocycles. The molecule has 3 amide bonds. The van der Waals surface area contributed by atoms with Crippen LogP contribution in [0.25, 0.3) is 0 Å². The van der Waals surface area contributed by atoms with Crippen molar-refractivity contribution >= 4 is 29.4 Å². The minimum absolute atomic E-state index is 0.0534. The largest absolute Gasteiger partial charge is 0.543 e. The van der Waals surface area contributed by atoms with Crippen LogP contribution in [0.3, 0.4) is 0 Å². The Morgan fingerprint density at radius 1 is 1.29 bits per heavy atom.